The Kier molecular flexibility index (Phi) is 7.92. The Bertz CT molecular complexity index is 975. The maximum absolute atomic E-state index is 12.6. The molecule has 0 heterocycles. The molecule has 2 amide bonds. The van der Waals surface area contributed by atoms with Crippen LogP contribution in [0.25, 0.3) is 0 Å². The number of carbonyl (C=O) groups excluding carboxylic acids is 2. The Morgan fingerprint density at radius 2 is 1.60 bits per heavy atom. The van der Waals surface area contributed by atoms with Crippen LogP contribution in [0.1, 0.15) is 15.9 Å². The molecule has 3 aromatic carbocycles. The van der Waals surface area contributed by atoms with Crippen molar-refractivity contribution in [3.05, 3.63) is 90.0 Å². The smallest absolute Gasteiger partial charge is 0.253 e. The Hall–Kier alpha value is -3.25. The molecule has 0 fully saturated rings. The number of rotatable bonds is 9. The van der Waals surface area contributed by atoms with Gasteiger partial charge in [-0.15, -0.1) is 11.8 Å². The number of hydrogen-bond acceptors (Lipinski definition) is 4. The molecule has 0 atom stereocenters. The van der Waals surface area contributed by atoms with Crippen molar-refractivity contribution in [2.75, 3.05) is 24.7 Å². The highest BCUT2D eigenvalue weighted by molar-refractivity contribution is 8.00. The van der Waals surface area contributed by atoms with E-state index in [1.165, 1.54) is 11.8 Å². The summed E-state index contributed by atoms with van der Waals surface area (Å²) in [6.45, 7) is 0.526. The molecular formula is C24H24N2O3S. The van der Waals surface area contributed by atoms with Gasteiger partial charge in [0.25, 0.3) is 5.91 Å². The van der Waals surface area contributed by atoms with Gasteiger partial charge in [-0.3, -0.25) is 9.59 Å². The molecule has 30 heavy (non-hydrogen) atoms. The van der Waals surface area contributed by atoms with Gasteiger partial charge in [0.15, 0.2) is 0 Å². The summed E-state index contributed by atoms with van der Waals surface area (Å²) in [5.74, 6) is 0.650. The number of hydrogen-bond donors (Lipinski definition) is 2. The molecule has 3 aromatic rings. The van der Waals surface area contributed by atoms with E-state index in [1.807, 2.05) is 54.6 Å². The molecule has 0 radical (unpaired) electrons. The minimum absolute atomic E-state index is 0.166. The molecule has 0 aliphatic heterocycles. The molecule has 0 aliphatic carbocycles. The van der Waals surface area contributed by atoms with Crippen molar-refractivity contribution in [3.8, 4) is 5.75 Å². The van der Waals surface area contributed by atoms with Crippen LogP contribution in [0.2, 0.25) is 0 Å². The number of thioether (sulfide) groups is 1. The van der Waals surface area contributed by atoms with Crippen molar-refractivity contribution in [2.24, 2.45) is 0 Å². The van der Waals surface area contributed by atoms with Crippen molar-refractivity contribution in [1.29, 1.82) is 0 Å². The van der Waals surface area contributed by atoms with Gasteiger partial charge >= 0.3 is 0 Å². The fourth-order valence-electron chi connectivity index (χ4n) is 2.86. The first kappa shape index (κ1) is 21.5. The molecule has 0 saturated heterocycles. The van der Waals surface area contributed by atoms with Crippen LogP contribution in [-0.4, -0.2) is 31.2 Å². The largest absolute Gasteiger partial charge is 0.497 e. The number of amides is 2. The third kappa shape index (κ3) is 6.39. The maximum Gasteiger partial charge on any atom is 0.253 e. The zero-order valence-corrected chi connectivity index (χ0v) is 17.6. The summed E-state index contributed by atoms with van der Waals surface area (Å²) < 4.78 is 5.14. The van der Waals surface area contributed by atoms with Crippen LogP contribution in [0.15, 0.2) is 83.8 Å². The van der Waals surface area contributed by atoms with Crippen LogP contribution in [0, 0.1) is 0 Å². The average molecular weight is 421 g/mol. The first-order valence-electron chi connectivity index (χ1n) is 9.63. The number of carbonyl (C=O) groups is 2. The van der Waals surface area contributed by atoms with Crippen molar-refractivity contribution in [3.63, 3.8) is 0 Å². The van der Waals surface area contributed by atoms with E-state index in [2.05, 4.69) is 10.6 Å². The Labute approximate surface area is 180 Å². The second kappa shape index (κ2) is 11.1. The maximum atomic E-state index is 12.6. The van der Waals surface area contributed by atoms with Crippen molar-refractivity contribution in [1.82, 2.24) is 5.32 Å². The van der Waals surface area contributed by atoms with Crippen LogP contribution in [0.5, 0.6) is 5.75 Å². The first-order chi connectivity index (χ1) is 14.7. The molecule has 0 saturated carbocycles. The lowest BCUT2D eigenvalue weighted by Crippen LogP contribution is -2.27. The minimum atomic E-state index is -0.204. The van der Waals surface area contributed by atoms with Gasteiger partial charge in [-0.25, -0.2) is 0 Å². The number of nitrogens with one attached hydrogen (secondary N) is 2. The van der Waals surface area contributed by atoms with Gasteiger partial charge < -0.3 is 15.4 Å². The molecule has 0 unspecified atom stereocenters. The molecule has 3 rings (SSSR count). The third-order valence-corrected chi connectivity index (χ3v) is 5.43. The molecule has 0 aliphatic rings. The summed E-state index contributed by atoms with van der Waals surface area (Å²) in [4.78, 5) is 26.0. The lowest BCUT2D eigenvalue weighted by Gasteiger charge is -2.11. The molecule has 2 N–H and O–H groups in total. The van der Waals surface area contributed by atoms with E-state index >= 15 is 0 Å². The lowest BCUT2D eigenvalue weighted by atomic mass is 10.1. The summed E-state index contributed by atoms with van der Waals surface area (Å²) >= 11 is 1.42. The van der Waals surface area contributed by atoms with Crippen molar-refractivity contribution >= 4 is 29.3 Å². The molecule has 154 valence electrons. The Morgan fingerprint density at radius 1 is 0.900 bits per heavy atom. The Balaban J connectivity index is 1.53. The van der Waals surface area contributed by atoms with Crippen molar-refractivity contribution in [2.45, 2.75) is 11.3 Å². The standard InChI is InChI=1S/C24H24N2O3S/c1-29-19-11-13-20(14-12-19)30-17-23(27)26-22-10-6-5-9-21(22)24(28)25-16-15-18-7-3-2-4-8-18/h2-14H,15-17H2,1H3,(H,25,28)(H,26,27). The molecule has 6 heteroatoms. The number of ether oxygens (including phenoxy) is 1. The molecule has 5 nitrogen and oxygen atoms in total. The normalized spacial score (nSPS) is 10.3. The highest BCUT2D eigenvalue weighted by atomic mass is 32.2. The quantitative estimate of drug-likeness (QED) is 0.504. The lowest BCUT2D eigenvalue weighted by molar-refractivity contribution is -0.113. The number of methoxy groups -OCH3 is 1. The van der Waals surface area contributed by atoms with Gasteiger partial charge in [0.1, 0.15) is 5.75 Å². The van der Waals surface area contributed by atoms with Gasteiger partial charge in [-0.1, -0.05) is 42.5 Å². The van der Waals surface area contributed by atoms with E-state index < -0.39 is 0 Å². The summed E-state index contributed by atoms with van der Waals surface area (Å²) in [5.41, 5.74) is 2.12. The van der Waals surface area contributed by atoms with Crippen LogP contribution < -0.4 is 15.4 Å². The summed E-state index contributed by atoms with van der Waals surface area (Å²) in [5, 5.41) is 5.77. The van der Waals surface area contributed by atoms with Gasteiger partial charge in [0, 0.05) is 11.4 Å². The van der Waals surface area contributed by atoms with E-state index in [9.17, 15) is 9.59 Å². The zero-order valence-electron chi connectivity index (χ0n) is 16.8. The van der Waals surface area contributed by atoms with Gasteiger partial charge in [-0.05, 0) is 48.4 Å². The van der Waals surface area contributed by atoms with Gasteiger partial charge in [0.05, 0.1) is 24.1 Å². The van der Waals surface area contributed by atoms with Crippen LogP contribution in [0.3, 0.4) is 0 Å². The van der Waals surface area contributed by atoms with Gasteiger partial charge in [-0.2, -0.15) is 0 Å². The van der Waals surface area contributed by atoms with E-state index in [4.69, 9.17) is 4.74 Å². The second-order valence-electron chi connectivity index (χ2n) is 6.55. The topological polar surface area (TPSA) is 67.4 Å². The number of anilines is 1. The van der Waals surface area contributed by atoms with Crippen LogP contribution in [0.4, 0.5) is 5.69 Å². The summed E-state index contributed by atoms with van der Waals surface area (Å²) in [6.07, 6.45) is 0.750. The molecule has 0 aromatic heterocycles. The molecule has 0 bridgehead atoms. The third-order valence-electron chi connectivity index (χ3n) is 4.42. The summed E-state index contributed by atoms with van der Waals surface area (Å²) in [7, 11) is 1.62. The summed E-state index contributed by atoms with van der Waals surface area (Å²) in [6, 6.07) is 24.5. The fraction of sp³-hybridized carbons (Fsp3) is 0.167. The fourth-order valence-corrected chi connectivity index (χ4v) is 3.56. The highest BCUT2D eigenvalue weighted by Gasteiger charge is 2.13. The Morgan fingerprint density at radius 3 is 2.33 bits per heavy atom. The minimum Gasteiger partial charge on any atom is -0.497 e. The molecule has 0 spiro atoms. The number of para-hydroxylation sites is 1. The van der Waals surface area contributed by atoms with E-state index in [1.54, 1.807) is 31.4 Å². The van der Waals surface area contributed by atoms with Crippen molar-refractivity contribution < 1.29 is 14.3 Å². The predicted octanol–water partition coefficient (Wildman–Crippen LogP) is 4.40. The molecular weight excluding hydrogens is 396 g/mol. The van der Waals surface area contributed by atoms with E-state index in [0.717, 1.165) is 22.6 Å². The zero-order chi connectivity index (χ0) is 21.2. The van der Waals surface area contributed by atoms with Crippen LogP contribution in [-0.2, 0) is 11.2 Å². The highest BCUT2D eigenvalue weighted by Crippen LogP contribution is 2.22. The second-order valence-corrected chi connectivity index (χ2v) is 7.60. The average Bonchev–Trinajstić information content (AvgIpc) is 2.79. The first-order valence-corrected chi connectivity index (χ1v) is 10.6. The SMILES string of the molecule is COc1ccc(SCC(=O)Nc2ccccc2C(=O)NCCc2ccccc2)cc1. The van der Waals surface area contributed by atoms with Crippen LogP contribution >= 0.6 is 11.8 Å². The van der Waals surface area contributed by atoms with Gasteiger partial charge in [0.2, 0.25) is 5.91 Å². The van der Waals surface area contributed by atoms with E-state index in [-0.39, 0.29) is 17.6 Å². The predicted molar refractivity (Wildman–Crippen MR) is 121 cm³/mol. The number of benzene rings is 3. The monoisotopic (exact) mass is 420 g/mol. The van der Waals surface area contributed by atoms with E-state index in [0.29, 0.717) is 17.8 Å².